The highest BCUT2D eigenvalue weighted by Gasteiger charge is 2.21. The molecule has 0 N–H and O–H groups in total. The highest BCUT2D eigenvalue weighted by atomic mass is 32.2. The molecule has 8 heteroatoms. The number of rotatable bonds is 9. The van der Waals surface area contributed by atoms with Crippen LogP contribution in [0.25, 0.3) is 10.2 Å². The fraction of sp³-hybridized carbons (Fsp3) is 0.440. The van der Waals surface area contributed by atoms with Gasteiger partial charge in [0.05, 0.1) is 36.3 Å². The van der Waals surface area contributed by atoms with E-state index in [9.17, 15) is 4.79 Å². The number of hydrogen-bond acceptors (Lipinski definition) is 7. The van der Waals surface area contributed by atoms with Crippen LogP contribution >= 0.6 is 23.1 Å². The van der Waals surface area contributed by atoms with Crippen molar-refractivity contribution in [1.82, 2.24) is 9.88 Å². The van der Waals surface area contributed by atoms with Crippen molar-refractivity contribution in [1.29, 1.82) is 0 Å². The molecule has 0 bridgehead atoms. The Morgan fingerprint density at radius 3 is 2.70 bits per heavy atom. The third-order valence-corrected chi connectivity index (χ3v) is 7.75. The normalized spacial score (nSPS) is 14.5. The van der Waals surface area contributed by atoms with Crippen LogP contribution in [-0.2, 0) is 9.53 Å². The lowest BCUT2D eigenvalue weighted by atomic mass is 10.1. The number of benzene rings is 2. The van der Waals surface area contributed by atoms with E-state index in [1.54, 1.807) is 30.2 Å². The molecule has 1 fully saturated rings. The van der Waals surface area contributed by atoms with Crippen molar-refractivity contribution >= 4 is 44.4 Å². The Bertz CT molecular complexity index is 1080. The average molecular weight is 486 g/mol. The van der Waals surface area contributed by atoms with Crippen LogP contribution in [0.2, 0.25) is 0 Å². The molecule has 176 valence electrons. The first-order valence-electron chi connectivity index (χ1n) is 11.3. The van der Waals surface area contributed by atoms with E-state index in [1.807, 2.05) is 29.2 Å². The number of amides is 1. The molecule has 0 radical (unpaired) electrons. The van der Waals surface area contributed by atoms with Gasteiger partial charge in [-0.3, -0.25) is 14.6 Å². The summed E-state index contributed by atoms with van der Waals surface area (Å²) >= 11 is 3.16. The quantitative estimate of drug-likeness (QED) is 0.407. The fourth-order valence-corrected chi connectivity index (χ4v) is 5.93. The summed E-state index contributed by atoms with van der Waals surface area (Å²) in [6.45, 7) is 9.31. The molecule has 3 aromatic rings. The molecular formula is C25H31N3O3S2. The minimum atomic E-state index is 0.0891. The van der Waals surface area contributed by atoms with Crippen molar-refractivity contribution in [3.05, 3.63) is 47.5 Å². The van der Waals surface area contributed by atoms with Crippen molar-refractivity contribution in [3.8, 4) is 5.75 Å². The number of carbonyl (C=O) groups excluding carboxylic acids is 1. The van der Waals surface area contributed by atoms with Crippen molar-refractivity contribution in [2.75, 3.05) is 57.2 Å². The summed E-state index contributed by atoms with van der Waals surface area (Å²) in [6.07, 6.45) is 0.910. The van der Waals surface area contributed by atoms with Gasteiger partial charge in [-0.05, 0) is 61.7 Å². The second kappa shape index (κ2) is 11.3. The molecule has 1 aliphatic heterocycles. The molecule has 0 aliphatic carbocycles. The number of thiazole rings is 1. The van der Waals surface area contributed by atoms with Gasteiger partial charge in [-0.15, -0.1) is 11.8 Å². The number of fused-ring (bicyclic) bond motifs is 1. The Hall–Kier alpha value is -2.13. The summed E-state index contributed by atoms with van der Waals surface area (Å²) in [6, 6.07) is 12.1. The van der Waals surface area contributed by atoms with E-state index < -0.39 is 0 Å². The highest BCUT2D eigenvalue weighted by Crippen LogP contribution is 2.32. The lowest BCUT2D eigenvalue weighted by Gasteiger charge is -2.27. The van der Waals surface area contributed by atoms with Gasteiger partial charge in [-0.1, -0.05) is 17.4 Å². The zero-order chi connectivity index (χ0) is 23.2. The Labute approximate surface area is 203 Å². The van der Waals surface area contributed by atoms with Gasteiger partial charge in [-0.25, -0.2) is 4.98 Å². The van der Waals surface area contributed by atoms with E-state index >= 15 is 0 Å². The van der Waals surface area contributed by atoms with Crippen LogP contribution in [0.3, 0.4) is 0 Å². The Kier molecular flexibility index (Phi) is 8.25. The Morgan fingerprint density at radius 1 is 1.21 bits per heavy atom. The molecule has 4 rings (SSSR count). The predicted octanol–water partition coefficient (Wildman–Crippen LogP) is 4.77. The van der Waals surface area contributed by atoms with E-state index in [0.29, 0.717) is 12.3 Å². The Balaban J connectivity index is 1.48. The standard InChI is InChI=1S/C25H31N3O3S2/c1-18-15-19(2)24-22(16-18)33-25(26-24)28(10-4-9-27-11-13-31-14-12-27)23(29)17-32-21-7-5-20(30-3)6-8-21/h5-8,15-16H,4,9-14,17H2,1-3H3. The molecule has 0 atom stereocenters. The fourth-order valence-electron chi connectivity index (χ4n) is 3.97. The summed E-state index contributed by atoms with van der Waals surface area (Å²) < 4.78 is 11.8. The molecule has 0 saturated carbocycles. The summed E-state index contributed by atoms with van der Waals surface area (Å²) in [4.78, 5) is 23.6. The maximum atomic E-state index is 13.4. The number of nitrogens with zero attached hydrogens (tertiary/aromatic N) is 3. The SMILES string of the molecule is COc1ccc(SCC(=O)N(CCCN2CCOCC2)c2nc3c(C)cc(C)cc3s2)cc1. The van der Waals surface area contributed by atoms with Gasteiger partial charge in [-0.2, -0.15) is 0 Å². The van der Waals surface area contributed by atoms with Crippen molar-refractivity contribution in [2.24, 2.45) is 0 Å². The molecule has 1 amide bonds. The van der Waals surface area contributed by atoms with E-state index in [4.69, 9.17) is 14.5 Å². The second-order valence-corrected chi connectivity index (χ2v) is 10.3. The first-order chi connectivity index (χ1) is 16.0. The third kappa shape index (κ3) is 6.26. The van der Waals surface area contributed by atoms with Crippen LogP contribution in [0, 0.1) is 13.8 Å². The van der Waals surface area contributed by atoms with Gasteiger partial charge in [0.1, 0.15) is 5.75 Å². The maximum absolute atomic E-state index is 13.4. The number of morpholine rings is 1. The number of anilines is 1. The average Bonchev–Trinajstić information content (AvgIpc) is 3.25. The van der Waals surface area contributed by atoms with Crippen molar-refractivity contribution < 1.29 is 14.3 Å². The summed E-state index contributed by atoms with van der Waals surface area (Å²) in [5.41, 5.74) is 3.37. The lowest BCUT2D eigenvalue weighted by Crippen LogP contribution is -2.39. The van der Waals surface area contributed by atoms with E-state index in [2.05, 4.69) is 30.9 Å². The monoisotopic (exact) mass is 485 g/mol. The first kappa shape index (κ1) is 24.0. The molecule has 1 aliphatic rings. The highest BCUT2D eigenvalue weighted by molar-refractivity contribution is 8.00. The van der Waals surface area contributed by atoms with Gasteiger partial charge in [0.2, 0.25) is 5.91 Å². The maximum Gasteiger partial charge on any atom is 0.239 e. The van der Waals surface area contributed by atoms with Crippen LogP contribution in [0.5, 0.6) is 5.75 Å². The number of carbonyl (C=O) groups is 1. The third-order valence-electron chi connectivity index (χ3n) is 5.73. The smallest absolute Gasteiger partial charge is 0.239 e. The van der Waals surface area contributed by atoms with Crippen LogP contribution in [0.1, 0.15) is 17.5 Å². The van der Waals surface area contributed by atoms with Crippen molar-refractivity contribution in [2.45, 2.75) is 25.2 Å². The van der Waals surface area contributed by atoms with E-state index in [1.165, 1.54) is 5.56 Å². The number of aryl methyl sites for hydroxylation is 2. The van der Waals surface area contributed by atoms with Gasteiger partial charge in [0.15, 0.2) is 5.13 Å². The Morgan fingerprint density at radius 2 is 1.97 bits per heavy atom. The van der Waals surface area contributed by atoms with Gasteiger partial charge in [0, 0.05) is 31.1 Å². The summed E-state index contributed by atoms with van der Waals surface area (Å²) in [5, 5.41) is 0.793. The molecule has 33 heavy (non-hydrogen) atoms. The van der Waals surface area contributed by atoms with Crippen LogP contribution in [-0.4, -0.2) is 68.0 Å². The largest absolute Gasteiger partial charge is 0.497 e. The van der Waals surface area contributed by atoms with Crippen molar-refractivity contribution in [3.63, 3.8) is 0 Å². The zero-order valence-electron chi connectivity index (χ0n) is 19.5. The van der Waals surface area contributed by atoms with Gasteiger partial charge >= 0.3 is 0 Å². The zero-order valence-corrected chi connectivity index (χ0v) is 21.1. The van der Waals surface area contributed by atoms with Crippen LogP contribution in [0.4, 0.5) is 5.13 Å². The molecule has 2 heterocycles. The summed E-state index contributed by atoms with van der Waals surface area (Å²) in [5.74, 6) is 1.28. The first-order valence-corrected chi connectivity index (χ1v) is 13.1. The topological polar surface area (TPSA) is 54.9 Å². The summed E-state index contributed by atoms with van der Waals surface area (Å²) in [7, 11) is 1.65. The number of thioether (sulfide) groups is 1. The van der Waals surface area contributed by atoms with Gasteiger partial charge in [0.25, 0.3) is 0 Å². The molecule has 1 aromatic heterocycles. The number of methoxy groups -OCH3 is 1. The van der Waals surface area contributed by atoms with E-state index in [0.717, 1.165) is 70.8 Å². The lowest BCUT2D eigenvalue weighted by molar-refractivity contribution is -0.116. The molecule has 0 unspecified atom stereocenters. The minimum Gasteiger partial charge on any atom is -0.497 e. The molecule has 2 aromatic carbocycles. The van der Waals surface area contributed by atoms with Crippen LogP contribution in [0.15, 0.2) is 41.3 Å². The molecular weight excluding hydrogens is 454 g/mol. The second-order valence-electron chi connectivity index (χ2n) is 8.24. The minimum absolute atomic E-state index is 0.0891. The molecule has 0 spiro atoms. The van der Waals surface area contributed by atoms with E-state index in [-0.39, 0.29) is 5.91 Å². The van der Waals surface area contributed by atoms with Gasteiger partial charge < -0.3 is 9.47 Å². The number of ether oxygens (including phenoxy) is 2. The number of aromatic nitrogens is 1. The van der Waals surface area contributed by atoms with Crippen LogP contribution < -0.4 is 9.64 Å². The predicted molar refractivity (Wildman–Crippen MR) is 137 cm³/mol. The molecule has 6 nitrogen and oxygen atoms in total. The number of hydrogen-bond donors (Lipinski definition) is 0. The molecule has 1 saturated heterocycles.